The molecule has 2 saturated heterocycles. The summed E-state index contributed by atoms with van der Waals surface area (Å²) in [5, 5.41) is 13.8. The smallest absolute Gasteiger partial charge is 0.313 e. The zero-order chi connectivity index (χ0) is 37.3. The molecule has 4 heterocycles. The Bertz CT molecular complexity index is 1750. The van der Waals surface area contributed by atoms with Crippen molar-refractivity contribution < 1.29 is 38.5 Å². The third-order valence-corrected chi connectivity index (χ3v) is 11.2. The van der Waals surface area contributed by atoms with Gasteiger partial charge < -0.3 is 34.4 Å². The summed E-state index contributed by atoms with van der Waals surface area (Å²) in [7, 11) is 1.51. The number of esters is 1. The number of methoxy groups -OCH3 is 1. The molecule has 0 aromatic heterocycles. The highest BCUT2D eigenvalue weighted by Gasteiger charge is 2.75. The van der Waals surface area contributed by atoms with Crippen LogP contribution in [0.2, 0.25) is 0 Å². The number of aliphatic hydroxyl groups is 1. The van der Waals surface area contributed by atoms with Gasteiger partial charge in [0.05, 0.1) is 31.2 Å². The number of carbonyl (C=O) groups is 4. The quantitative estimate of drug-likeness (QED) is 0.292. The Morgan fingerprint density at radius 2 is 1.79 bits per heavy atom. The number of aryl methyl sites for hydroxylation is 2. The Morgan fingerprint density at radius 3 is 2.48 bits per heavy atom. The molecule has 5 bridgehead atoms. The fraction of sp³-hybridized carbons (Fsp3) is 0.500. The number of hydrogen-bond acceptors (Lipinski definition) is 8. The van der Waals surface area contributed by atoms with Gasteiger partial charge in [0.2, 0.25) is 11.8 Å². The second-order valence-electron chi connectivity index (χ2n) is 14.7. The third kappa shape index (κ3) is 6.98. The summed E-state index contributed by atoms with van der Waals surface area (Å²) in [5.74, 6) is -3.95. The molecule has 1 spiro atoms. The molecule has 0 saturated carbocycles. The average Bonchev–Trinajstić information content (AvgIpc) is 3.71. The summed E-state index contributed by atoms with van der Waals surface area (Å²) < 4.78 is 19.1. The van der Waals surface area contributed by atoms with Crippen LogP contribution in [0.15, 0.2) is 71.2 Å². The highest BCUT2D eigenvalue weighted by Crippen LogP contribution is 2.59. The van der Waals surface area contributed by atoms with Crippen LogP contribution in [0.25, 0.3) is 0 Å². The van der Waals surface area contributed by atoms with Gasteiger partial charge >= 0.3 is 5.97 Å². The largest absolute Gasteiger partial charge is 0.455 e. The molecule has 3 amide bonds. The van der Waals surface area contributed by atoms with E-state index in [-0.39, 0.29) is 38.0 Å². The summed E-state index contributed by atoms with van der Waals surface area (Å²) in [6.07, 6.45) is 4.60. The maximum Gasteiger partial charge on any atom is 0.313 e. The molecule has 8 atom stereocenters. The first-order valence-corrected chi connectivity index (χ1v) is 18.8. The first-order valence-electron chi connectivity index (χ1n) is 18.0. The van der Waals surface area contributed by atoms with E-state index in [4.69, 9.17) is 14.2 Å². The van der Waals surface area contributed by atoms with Crippen LogP contribution in [-0.4, -0.2) is 90.4 Å². The van der Waals surface area contributed by atoms with Crippen molar-refractivity contribution in [1.82, 2.24) is 10.2 Å². The van der Waals surface area contributed by atoms with Crippen molar-refractivity contribution >= 4 is 45.3 Å². The topological polar surface area (TPSA) is 135 Å². The van der Waals surface area contributed by atoms with Crippen LogP contribution in [-0.2, 0) is 33.4 Å². The van der Waals surface area contributed by atoms with Gasteiger partial charge in [-0.05, 0) is 61.4 Å². The highest BCUT2D eigenvalue weighted by atomic mass is 79.9. The number of rotatable bonds is 8. The maximum atomic E-state index is 15.3. The lowest BCUT2D eigenvalue weighted by Gasteiger charge is -2.39. The number of anilines is 1. The van der Waals surface area contributed by atoms with Gasteiger partial charge in [-0.15, -0.1) is 0 Å². The molecule has 2 fully saturated rings. The zero-order valence-corrected chi connectivity index (χ0v) is 31.9. The van der Waals surface area contributed by atoms with Crippen molar-refractivity contribution in [3.8, 4) is 0 Å². The molecule has 278 valence electrons. The van der Waals surface area contributed by atoms with Gasteiger partial charge in [0.15, 0.2) is 0 Å². The lowest BCUT2D eigenvalue weighted by molar-refractivity contribution is -0.162. The van der Waals surface area contributed by atoms with Crippen molar-refractivity contribution in [3.05, 3.63) is 87.9 Å². The standard InChI is InChI=1S/C40H48BrN3O8/c1-23(2)18-27(21-45)44-36-38(48)43(30-19-24(3)15-16-25(30)4)17-11-7-10-14-31(46)42-29(22-50-5)34(26-12-8-6-9-13-26)51-39(49)32-33(37(44)47)40(36)20-28(41)35(32)52-40/h6-9,11-13,15-16,19-20,23,27,29,32-36,45H,10,14,17-18,21-22H2,1-5H3,(H,42,46)/b11-7-/t27-,29+,32-,33+,34+,35-,36-,40+/m1/s1. The number of cyclic esters (lactones) is 1. The number of ether oxygens (including phenoxy) is 3. The SMILES string of the molecule is COC[C@@H]1NC(=O)CC/C=C\CN(c2cc(C)ccc2C)C(=O)[C@H]2N([C@@H](CO)CC(C)C)C(=O)[C@@H]3[C@@H](C(=O)O[C@H]1c1ccccc1)[C@@H]1O[C@@]32C=C1Br. The molecule has 4 aliphatic rings. The molecule has 52 heavy (non-hydrogen) atoms. The minimum Gasteiger partial charge on any atom is -0.455 e. The van der Waals surface area contributed by atoms with E-state index in [1.54, 1.807) is 11.0 Å². The van der Waals surface area contributed by atoms with E-state index in [1.807, 2.05) is 88.4 Å². The Labute approximate surface area is 313 Å². The lowest BCUT2D eigenvalue weighted by Crippen LogP contribution is -2.59. The number of nitrogens with zero attached hydrogens (tertiary/aromatic N) is 2. The van der Waals surface area contributed by atoms with E-state index >= 15 is 4.79 Å². The van der Waals surface area contributed by atoms with E-state index in [0.29, 0.717) is 28.6 Å². The maximum absolute atomic E-state index is 15.3. The van der Waals surface area contributed by atoms with E-state index in [0.717, 1.165) is 11.1 Å². The summed E-state index contributed by atoms with van der Waals surface area (Å²) >= 11 is 3.63. The second-order valence-corrected chi connectivity index (χ2v) is 15.6. The average molecular weight is 779 g/mol. The number of amides is 3. The summed E-state index contributed by atoms with van der Waals surface area (Å²) in [4.78, 5) is 61.4. The van der Waals surface area contributed by atoms with Gasteiger partial charge in [0.1, 0.15) is 29.8 Å². The molecule has 0 unspecified atom stereocenters. The summed E-state index contributed by atoms with van der Waals surface area (Å²) in [6.45, 7) is 7.69. The number of hydrogen-bond donors (Lipinski definition) is 2. The van der Waals surface area contributed by atoms with E-state index in [2.05, 4.69) is 21.2 Å². The van der Waals surface area contributed by atoms with Crippen LogP contribution < -0.4 is 10.2 Å². The Hall–Kier alpha value is -3.84. The predicted octanol–water partition coefficient (Wildman–Crippen LogP) is 4.68. The monoisotopic (exact) mass is 777 g/mol. The Balaban J connectivity index is 1.53. The number of carbonyl (C=O) groups excluding carboxylic acids is 4. The zero-order valence-electron chi connectivity index (χ0n) is 30.3. The molecule has 6 rings (SSSR count). The van der Waals surface area contributed by atoms with Gasteiger partial charge in [0, 0.05) is 30.2 Å². The molecular weight excluding hydrogens is 730 g/mol. The molecule has 2 N–H and O–H groups in total. The number of likely N-dealkylation sites (tertiary alicyclic amines) is 1. The number of aliphatic hydroxyl groups excluding tert-OH is 1. The molecule has 2 aromatic rings. The molecule has 11 nitrogen and oxygen atoms in total. The number of fused-ring (bicyclic) bond motifs is 2. The van der Waals surface area contributed by atoms with E-state index in [1.165, 1.54) is 12.0 Å². The fourth-order valence-corrected chi connectivity index (χ4v) is 9.02. The van der Waals surface area contributed by atoms with Gasteiger partial charge in [-0.2, -0.15) is 0 Å². The molecular formula is C40H48BrN3O8. The molecule has 4 aliphatic heterocycles. The third-order valence-electron chi connectivity index (χ3n) is 10.6. The van der Waals surface area contributed by atoms with Crippen LogP contribution in [0.4, 0.5) is 5.69 Å². The molecule has 0 radical (unpaired) electrons. The summed E-state index contributed by atoms with van der Waals surface area (Å²) in [6, 6.07) is 12.3. The Morgan fingerprint density at radius 1 is 1.04 bits per heavy atom. The fourth-order valence-electron chi connectivity index (χ4n) is 8.29. The minimum absolute atomic E-state index is 0.0530. The minimum atomic E-state index is -1.53. The van der Waals surface area contributed by atoms with Crippen molar-refractivity contribution in [2.75, 3.05) is 31.8 Å². The van der Waals surface area contributed by atoms with E-state index < -0.39 is 65.6 Å². The van der Waals surface area contributed by atoms with Crippen molar-refractivity contribution in [1.29, 1.82) is 0 Å². The van der Waals surface area contributed by atoms with Gasteiger partial charge in [-0.3, -0.25) is 19.2 Å². The molecule has 0 aliphatic carbocycles. The van der Waals surface area contributed by atoms with Crippen LogP contribution in [0.1, 0.15) is 55.9 Å². The number of halogens is 1. The van der Waals surface area contributed by atoms with Gasteiger partial charge in [-0.1, -0.05) is 84.4 Å². The van der Waals surface area contributed by atoms with Crippen LogP contribution in [0.3, 0.4) is 0 Å². The molecule has 2 aromatic carbocycles. The van der Waals surface area contributed by atoms with Crippen LogP contribution >= 0.6 is 15.9 Å². The number of nitrogens with one attached hydrogen (secondary N) is 1. The second kappa shape index (κ2) is 15.6. The number of benzene rings is 2. The number of allylic oxidation sites excluding steroid dienone is 1. The Kier molecular flexibility index (Phi) is 11.4. The summed E-state index contributed by atoms with van der Waals surface area (Å²) in [5.41, 5.74) is 1.58. The van der Waals surface area contributed by atoms with Gasteiger partial charge in [-0.25, -0.2) is 0 Å². The first-order chi connectivity index (χ1) is 24.9. The van der Waals surface area contributed by atoms with Crippen molar-refractivity contribution in [2.24, 2.45) is 17.8 Å². The van der Waals surface area contributed by atoms with Crippen LogP contribution in [0.5, 0.6) is 0 Å². The predicted molar refractivity (Wildman–Crippen MR) is 198 cm³/mol. The normalized spacial score (nSPS) is 30.7. The van der Waals surface area contributed by atoms with Gasteiger partial charge in [0.25, 0.3) is 5.91 Å². The van der Waals surface area contributed by atoms with Crippen molar-refractivity contribution in [2.45, 2.75) is 82.9 Å². The lowest BCUT2D eigenvalue weighted by atomic mass is 9.74. The highest BCUT2D eigenvalue weighted by molar-refractivity contribution is 9.11. The first kappa shape index (κ1) is 37.9. The van der Waals surface area contributed by atoms with Crippen LogP contribution in [0, 0.1) is 31.6 Å². The van der Waals surface area contributed by atoms with E-state index in [9.17, 15) is 19.5 Å². The van der Waals surface area contributed by atoms with Crippen molar-refractivity contribution in [3.63, 3.8) is 0 Å². The molecule has 12 heteroatoms.